The van der Waals surface area contributed by atoms with Crippen molar-refractivity contribution in [3.05, 3.63) is 40.8 Å². The fourth-order valence-corrected chi connectivity index (χ4v) is 1.78. The minimum absolute atomic E-state index is 0.000105. The number of carbonyl (C=O) groups is 1. The van der Waals surface area contributed by atoms with Crippen molar-refractivity contribution in [1.82, 2.24) is 9.97 Å². The predicted octanol–water partition coefficient (Wildman–Crippen LogP) is 3.49. The van der Waals surface area contributed by atoms with Crippen molar-refractivity contribution in [3.63, 3.8) is 0 Å². The van der Waals surface area contributed by atoms with Crippen LogP contribution in [0.25, 0.3) is 11.4 Å². The zero-order valence-electron chi connectivity index (χ0n) is 12.2. The normalized spacial score (nSPS) is 11.3. The van der Waals surface area contributed by atoms with Crippen LogP contribution in [0.1, 0.15) is 19.5 Å². The van der Waals surface area contributed by atoms with Gasteiger partial charge < -0.3 is 9.84 Å². The number of carboxylic acids is 1. The average molecular weight is 325 g/mol. The standard InChI is InChI=1S/C15H14ClFN2O3/c1-8-6-12(22-15(2,3)14(20)21)19-13(18-8)9-4-5-10(16)11(17)7-9/h4-7H,1-3H3,(H,20,21). The molecule has 0 saturated heterocycles. The summed E-state index contributed by atoms with van der Waals surface area (Å²) >= 11 is 5.65. The van der Waals surface area contributed by atoms with Crippen LogP contribution in [-0.4, -0.2) is 26.6 Å². The van der Waals surface area contributed by atoms with Gasteiger partial charge in [0, 0.05) is 17.3 Å². The zero-order chi connectivity index (χ0) is 16.5. The second kappa shape index (κ2) is 5.88. The van der Waals surface area contributed by atoms with Crippen molar-refractivity contribution >= 4 is 17.6 Å². The van der Waals surface area contributed by atoms with Crippen LogP contribution >= 0.6 is 11.6 Å². The molecule has 2 aromatic rings. The Hall–Kier alpha value is -2.21. The van der Waals surface area contributed by atoms with E-state index in [1.165, 1.54) is 32.0 Å². The number of ether oxygens (including phenoxy) is 1. The Labute approximate surface area is 131 Å². The third-order valence-corrected chi connectivity index (χ3v) is 3.19. The van der Waals surface area contributed by atoms with Crippen molar-refractivity contribution < 1.29 is 19.0 Å². The molecule has 22 heavy (non-hydrogen) atoms. The van der Waals surface area contributed by atoms with Crippen LogP contribution in [0.5, 0.6) is 5.88 Å². The van der Waals surface area contributed by atoms with Gasteiger partial charge in [0.15, 0.2) is 5.82 Å². The number of halogens is 2. The largest absolute Gasteiger partial charge is 0.478 e. The predicted molar refractivity (Wildman–Crippen MR) is 79.5 cm³/mol. The minimum atomic E-state index is -1.44. The van der Waals surface area contributed by atoms with E-state index in [-0.39, 0.29) is 16.7 Å². The van der Waals surface area contributed by atoms with Crippen LogP contribution in [0.3, 0.4) is 0 Å². The molecule has 7 heteroatoms. The highest BCUT2D eigenvalue weighted by atomic mass is 35.5. The molecule has 0 fully saturated rings. The number of rotatable bonds is 4. The number of hydrogen-bond acceptors (Lipinski definition) is 4. The zero-order valence-corrected chi connectivity index (χ0v) is 13.0. The van der Waals surface area contributed by atoms with Crippen LogP contribution in [0.15, 0.2) is 24.3 Å². The summed E-state index contributed by atoms with van der Waals surface area (Å²) in [7, 11) is 0. The molecule has 0 aliphatic heterocycles. The summed E-state index contributed by atoms with van der Waals surface area (Å²) in [4.78, 5) is 19.5. The number of nitrogens with zero attached hydrogens (tertiary/aromatic N) is 2. The van der Waals surface area contributed by atoms with Crippen molar-refractivity contribution in [2.24, 2.45) is 0 Å². The highest BCUT2D eigenvalue weighted by Gasteiger charge is 2.30. The van der Waals surface area contributed by atoms with Gasteiger partial charge in [-0.25, -0.2) is 14.2 Å². The maximum absolute atomic E-state index is 13.5. The highest BCUT2D eigenvalue weighted by Crippen LogP contribution is 2.25. The lowest BCUT2D eigenvalue weighted by Crippen LogP contribution is -2.38. The lowest BCUT2D eigenvalue weighted by Gasteiger charge is -2.21. The summed E-state index contributed by atoms with van der Waals surface area (Å²) in [6, 6.07) is 5.70. The second-order valence-electron chi connectivity index (χ2n) is 5.22. The Morgan fingerprint density at radius 3 is 2.59 bits per heavy atom. The first-order chi connectivity index (χ1) is 10.2. The van der Waals surface area contributed by atoms with Gasteiger partial charge in [0.25, 0.3) is 0 Å². The molecule has 0 aliphatic rings. The van der Waals surface area contributed by atoms with Crippen molar-refractivity contribution in [2.75, 3.05) is 0 Å². The first-order valence-corrected chi connectivity index (χ1v) is 6.80. The average Bonchev–Trinajstić information content (AvgIpc) is 2.40. The van der Waals surface area contributed by atoms with E-state index in [9.17, 15) is 9.18 Å². The lowest BCUT2D eigenvalue weighted by atomic mass is 10.1. The molecule has 1 aromatic carbocycles. The molecule has 116 valence electrons. The number of aromatic nitrogens is 2. The Bertz CT molecular complexity index is 735. The molecule has 0 radical (unpaired) electrons. The van der Waals surface area contributed by atoms with Crippen LogP contribution in [0, 0.1) is 12.7 Å². The van der Waals surface area contributed by atoms with Crippen LogP contribution in [0.4, 0.5) is 4.39 Å². The van der Waals surface area contributed by atoms with Gasteiger partial charge in [0.1, 0.15) is 5.82 Å². The van der Waals surface area contributed by atoms with Crippen molar-refractivity contribution in [1.29, 1.82) is 0 Å². The van der Waals surface area contributed by atoms with E-state index in [2.05, 4.69) is 9.97 Å². The molecule has 0 unspecified atom stereocenters. The van der Waals surface area contributed by atoms with Gasteiger partial charge in [0.05, 0.1) is 5.02 Å². The number of hydrogen-bond donors (Lipinski definition) is 1. The van der Waals surface area contributed by atoms with Crippen LogP contribution in [0.2, 0.25) is 5.02 Å². The molecule has 0 amide bonds. The Kier molecular flexibility index (Phi) is 4.32. The molecule has 0 atom stereocenters. The van der Waals surface area contributed by atoms with E-state index < -0.39 is 17.4 Å². The van der Waals surface area contributed by atoms with Crippen molar-refractivity contribution in [3.8, 4) is 17.3 Å². The van der Waals surface area contributed by atoms with E-state index in [4.69, 9.17) is 21.4 Å². The van der Waals surface area contributed by atoms with Gasteiger partial charge in [-0.1, -0.05) is 11.6 Å². The number of benzene rings is 1. The number of aryl methyl sites for hydroxylation is 1. The SMILES string of the molecule is Cc1cc(OC(C)(C)C(=O)O)nc(-c2ccc(Cl)c(F)c2)n1. The molecular formula is C15H14ClFN2O3. The van der Waals surface area contributed by atoms with E-state index in [0.717, 1.165) is 0 Å². The lowest BCUT2D eigenvalue weighted by molar-refractivity contribution is -0.152. The number of aliphatic carboxylic acids is 1. The maximum atomic E-state index is 13.5. The fourth-order valence-electron chi connectivity index (χ4n) is 1.66. The molecule has 1 heterocycles. The first kappa shape index (κ1) is 16.2. The van der Waals surface area contributed by atoms with Gasteiger partial charge in [-0.05, 0) is 39.0 Å². The molecule has 5 nitrogen and oxygen atoms in total. The Balaban J connectivity index is 2.42. The van der Waals surface area contributed by atoms with Gasteiger partial charge >= 0.3 is 5.97 Å². The van der Waals surface area contributed by atoms with Gasteiger partial charge in [-0.2, -0.15) is 4.98 Å². The summed E-state index contributed by atoms with van der Waals surface area (Å²) < 4.78 is 18.9. The maximum Gasteiger partial charge on any atom is 0.347 e. The molecule has 0 bridgehead atoms. The number of carboxylic acid groups (broad SMARTS) is 1. The first-order valence-electron chi connectivity index (χ1n) is 6.42. The topological polar surface area (TPSA) is 72.3 Å². The summed E-state index contributed by atoms with van der Waals surface area (Å²) in [6.45, 7) is 4.53. The van der Waals surface area contributed by atoms with E-state index in [1.54, 1.807) is 13.0 Å². The van der Waals surface area contributed by atoms with E-state index in [0.29, 0.717) is 11.3 Å². The third-order valence-electron chi connectivity index (χ3n) is 2.88. The van der Waals surface area contributed by atoms with Gasteiger partial charge in [-0.15, -0.1) is 0 Å². The molecule has 1 N–H and O–H groups in total. The van der Waals surface area contributed by atoms with Crippen molar-refractivity contribution in [2.45, 2.75) is 26.4 Å². The summed E-state index contributed by atoms with van der Waals surface area (Å²) in [5.41, 5.74) is -0.455. The molecule has 0 saturated carbocycles. The van der Waals surface area contributed by atoms with Crippen LogP contribution < -0.4 is 4.74 Å². The minimum Gasteiger partial charge on any atom is -0.478 e. The van der Waals surface area contributed by atoms with Gasteiger partial charge in [0.2, 0.25) is 11.5 Å². The Morgan fingerprint density at radius 1 is 1.32 bits per heavy atom. The molecule has 0 spiro atoms. The fraction of sp³-hybridized carbons (Fsp3) is 0.267. The quantitative estimate of drug-likeness (QED) is 0.932. The molecule has 1 aromatic heterocycles. The molecular weight excluding hydrogens is 311 g/mol. The second-order valence-corrected chi connectivity index (χ2v) is 5.62. The molecule has 2 rings (SSSR count). The summed E-state index contributed by atoms with van der Waals surface area (Å²) in [6.07, 6.45) is 0. The van der Waals surface area contributed by atoms with E-state index >= 15 is 0 Å². The smallest absolute Gasteiger partial charge is 0.347 e. The molecule has 0 aliphatic carbocycles. The summed E-state index contributed by atoms with van der Waals surface area (Å²) in [5, 5.41) is 9.09. The summed E-state index contributed by atoms with van der Waals surface area (Å²) in [5.74, 6) is -1.38. The Morgan fingerprint density at radius 2 is 2.00 bits per heavy atom. The van der Waals surface area contributed by atoms with Crippen LogP contribution in [-0.2, 0) is 4.79 Å². The highest BCUT2D eigenvalue weighted by molar-refractivity contribution is 6.30. The van der Waals surface area contributed by atoms with E-state index in [1.807, 2.05) is 0 Å². The third kappa shape index (κ3) is 3.51. The van der Waals surface area contributed by atoms with Gasteiger partial charge in [-0.3, -0.25) is 0 Å². The monoisotopic (exact) mass is 324 g/mol.